The molecular weight excluding hydrogens is 461 g/mol. The molecule has 0 N–H and O–H groups in total. The van der Waals surface area contributed by atoms with Crippen LogP contribution < -0.4 is 4.74 Å². The van der Waals surface area contributed by atoms with E-state index in [0.29, 0.717) is 18.1 Å². The van der Waals surface area contributed by atoms with Crippen LogP contribution in [0.5, 0.6) is 5.75 Å². The number of benzene rings is 2. The zero-order valence-electron chi connectivity index (χ0n) is 14.3. The van der Waals surface area contributed by atoms with E-state index in [1.54, 1.807) is 6.08 Å². The summed E-state index contributed by atoms with van der Waals surface area (Å²) in [5.41, 5.74) is 1.81. The number of halogens is 1. The van der Waals surface area contributed by atoms with Gasteiger partial charge in [-0.05, 0) is 82.2 Å². The maximum atomic E-state index is 12.6. The molecule has 2 amide bonds. The van der Waals surface area contributed by atoms with Crippen molar-refractivity contribution in [2.24, 2.45) is 0 Å². The van der Waals surface area contributed by atoms with Crippen LogP contribution in [-0.2, 0) is 11.3 Å². The van der Waals surface area contributed by atoms with Gasteiger partial charge in [0.1, 0.15) is 5.75 Å². The Morgan fingerprint density at radius 2 is 1.77 bits per heavy atom. The predicted octanol–water partition coefficient (Wildman–Crippen LogP) is 5.32. The summed E-state index contributed by atoms with van der Waals surface area (Å²) in [6.07, 6.45) is 2.71. The Hall–Kier alpha value is -1.80. The number of imide groups is 1. The van der Waals surface area contributed by atoms with E-state index in [1.807, 2.05) is 48.5 Å². The fraction of sp³-hybridized carbons (Fsp3) is 0.200. The van der Waals surface area contributed by atoms with E-state index < -0.39 is 0 Å². The summed E-state index contributed by atoms with van der Waals surface area (Å²) in [5, 5.41) is -0.234. The molecule has 26 heavy (non-hydrogen) atoms. The van der Waals surface area contributed by atoms with E-state index >= 15 is 0 Å². The highest BCUT2D eigenvalue weighted by Crippen LogP contribution is 2.33. The molecule has 2 aromatic rings. The molecule has 0 atom stereocenters. The van der Waals surface area contributed by atoms with Gasteiger partial charge in [0.2, 0.25) is 0 Å². The standard InChI is InChI=1S/C20H18INO3S/c1-2-11-25-17-9-5-14(6-10-17)12-18-19(23)22(20(24)26-18)13-15-3-7-16(21)8-4-15/h3-10,12H,2,11,13H2,1H3/b18-12-. The molecule has 0 spiro atoms. The summed E-state index contributed by atoms with van der Waals surface area (Å²) >= 11 is 3.21. The normalized spacial score (nSPS) is 15.8. The first kappa shape index (κ1) is 19.0. The summed E-state index contributed by atoms with van der Waals surface area (Å²) < 4.78 is 6.67. The summed E-state index contributed by atoms with van der Waals surface area (Å²) in [5.74, 6) is 0.556. The fourth-order valence-corrected chi connectivity index (χ4v) is 3.64. The number of rotatable bonds is 6. The minimum absolute atomic E-state index is 0.234. The summed E-state index contributed by atoms with van der Waals surface area (Å²) in [6.45, 7) is 3.03. The van der Waals surface area contributed by atoms with Crippen LogP contribution in [0.1, 0.15) is 24.5 Å². The van der Waals surface area contributed by atoms with Crippen molar-refractivity contribution in [3.8, 4) is 5.75 Å². The Balaban J connectivity index is 1.71. The van der Waals surface area contributed by atoms with Crippen LogP contribution in [0, 0.1) is 3.57 Å². The number of amides is 2. The molecular formula is C20H18INO3S. The van der Waals surface area contributed by atoms with Crippen LogP contribution in [-0.4, -0.2) is 22.7 Å². The molecule has 2 aromatic carbocycles. The van der Waals surface area contributed by atoms with Gasteiger partial charge in [-0.2, -0.15) is 0 Å². The molecule has 1 fully saturated rings. The van der Waals surface area contributed by atoms with Gasteiger partial charge in [-0.25, -0.2) is 0 Å². The zero-order chi connectivity index (χ0) is 18.5. The van der Waals surface area contributed by atoms with Crippen molar-refractivity contribution in [3.63, 3.8) is 0 Å². The number of hydrogen-bond donors (Lipinski definition) is 0. The Kier molecular flexibility index (Phi) is 6.37. The SMILES string of the molecule is CCCOc1ccc(/C=C2\SC(=O)N(Cc3ccc(I)cc3)C2=O)cc1. The van der Waals surface area contributed by atoms with Gasteiger partial charge in [-0.1, -0.05) is 31.2 Å². The van der Waals surface area contributed by atoms with E-state index in [4.69, 9.17) is 4.74 Å². The number of carbonyl (C=O) groups is 2. The predicted molar refractivity (Wildman–Crippen MR) is 113 cm³/mol. The Morgan fingerprint density at radius 1 is 1.08 bits per heavy atom. The minimum atomic E-state index is -0.246. The Bertz CT molecular complexity index is 831. The van der Waals surface area contributed by atoms with E-state index in [0.717, 1.165) is 38.6 Å². The first-order chi connectivity index (χ1) is 12.6. The van der Waals surface area contributed by atoms with Crippen molar-refractivity contribution in [1.82, 2.24) is 4.90 Å². The second-order valence-corrected chi connectivity index (χ2v) is 8.05. The van der Waals surface area contributed by atoms with E-state index in [-0.39, 0.29) is 11.1 Å². The van der Waals surface area contributed by atoms with Crippen LogP contribution >= 0.6 is 34.4 Å². The van der Waals surface area contributed by atoms with Gasteiger partial charge < -0.3 is 4.74 Å². The smallest absolute Gasteiger partial charge is 0.293 e. The molecule has 1 heterocycles. The Labute approximate surface area is 170 Å². The molecule has 4 nitrogen and oxygen atoms in total. The van der Waals surface area contributed by atoms with E-state index in [1.165, 1.54) is 4.90 Å². The number of thioether (sulfide) groups is 1. The first-order valence-corrected chi connectivity index (χ1v) is 10.2. The number of ether oxygens (including phenoxy) is 1. The molecule has 0 aromatic heterocycles. The van der Waals surface area contributed by atoms with Gasteiger partial charge in [-0.3, -0.25) is 14.5 Å². The van der Waals surface area contributed by atoms with E-state index in [9.17, 15) is 9.59 Å². The molecule has 1 aliphatic heterocycles. The van der Waals surface area contributed by atoms with Crippen molar-refractivity contribution in [1.29, 1.82) is 0 Å². The second-order valence-electron chi connectivity index (χ2n) is 5.81. The lowest BCUT2D eigenvalue weighted by Gasteiger charge is -2.12. The molecule has 0 saturated carbocycles. The highest BCUT2D eigenvalue weighted by molar-refractivity contribution is 14.1. The lowest BCUT2D eigenvalue weighted by Crippen LogP contribution is -2.27. The topological polar surface area (TPSA) is 46.6 Å². The summed E-state index contributed by atoms with van der Waals surface area (Å²) in [4.78, 5) is 26.6. The first-order valence-electron chi connectivity index (χ1n) is 8.29. The van der Waals surface area contributed by atoms with Gasteiger partial charge in [0.25, 0.3) is 11.1 Å². The highest BCUT2D eigenvalue weighted by atomic mass is 127. The highest BCUT2D eigenvalue weighted by Gasteiger charge is 2.34. The van der Waals surface area contributed by atoms with Gasteiger partial charge in [0, 0.05) is 3.57 Å². The number of hydrogen-bond acceptors (Lipinski definition) is 4. The molecule has 1 saturated heterocycles. The Morgan fingerprint density at radius 3 is 2.42 bits per heavy atom. The van der Waals surface area contributed by atoms with Gasteiger partial charge >= 0.3 is 0 Å². The molecule has 0 aliphatic carbocycles. The third-order valence-electron chi connectivity index (χ3n) is 3.78. The van der Waals surface area contributed by atoms with Crippen molar-refractivity contribution >= 4 is 51.6 Å². The third-order valence-corrected chi connectivity index (χ3v) is 5.40. The summed E-state index contributed by atoms with van der Waals surface area (Å²) in [6, 6.07) is 15.3. The van der Waals surface area contributed by atoms with Crippen LogP contribution in [0.2, 0.25) is 0 Å². The fourth-order valence-electron chi connectivity index (χ4n) is 2.44. The number of carbonyl (C=O) groups excluding carboxylic acids is 2. The van der Waals surface area contributed by atoms with Crippen LogP contribution in [0.4, 0.5) is 4.79 Å². The molecule has 0 bridgehead atoms. The van der Waals surface area contributed by atoms with Gasteiger partial charge in [-0.15, -0.1) is 0 Å². The van der Waals surface area contributed by atoms with E-state index in [2.05, 4.69) is 29.5 Å². The maximum absolute atomic E-state index is 12.6. The lowest BCUT2D eigenvalue weighted by atomic mass is 10.2. The van der Waals surface area contributed by atoms with Crippen LogP contribution in [0.15, 0.2) is 53.4 Å². The molecule has 3 rings (SSSR count). The van der Waals surface area contributed by atoms with Gasteiger partial charge in [0.05, 0.1) is 18.1 Å². The minimum Gasteiger partial charge on any atom is -0.494 e. The molecule has 0 unspecified atom stereocenters. The zero-order valence-corrected chi connectivity index (χ0v) is 17.2. The van der Waals surface area contributed by atoms with Crippen molar-refractivity contribution in [3.05, 3.63) is 68.1 Å². The third kappa shape index (κ3) is 4.67. The van der Waals surface area contributed by atoms with Crippen molar-refractivity contribution in [2.75, 3.05) is 6.61 Å². The lowest BCUT2D eigenvalue weighted by molar-refractivity contribution is -0.123. The average Bonchev–Trinajstić information content (AvgIpc) is 2.90. The monoisotopic (exact) mass is 479 g/mol. The maximum Gasteiger partial charge on any atom is 0.293 e. The molecule has 1 aliphatic rings. The molecule has 134 valence electrons. The molecule has 0 radical (unpaired) electrons. The van der Waals surface area contributed by atoms with Gasteiger partial charge in [0.15, 0.2) is 0 Å². The van der Waals surface area contributed by atoms with Crippen molar-refractivity contribution in [2.45, 2.75) is 19.9 Å². The average molecular weight is 479 g/mol. The van der Waals surface area contributed by atoms with Crippen molar-refractivity contribution < 1.29 is 14.3 Å². The second kappa shape index (κ2) is 8.73. The molecule has 6 heteroatoms. The summed E-state index contributed by atoms with van der Waals surface area (Å²) in [7, 11) is 0. The largest absolute Gasteiger partial charge is 0.494 e. The quantitative estimate of drug-likeness (QED) is 0.416. The number of nitrogens with zero attached hydrogens (tertiary/aromatic N) is 1. The van der Waals surface area contributed by atoms with Crippen LogP contribution in [0.3, 0.4) is 0 Å². The van der Waals surface area contributed by atoms with Crippen LogP contribution in [0.25, 0.3) is 6.08 Å².